The summed E-state index contributed by atoms with van der Waals surface area (Å²) in [5, 5.41) is 19.7. The number of hydrogen-bond acceptors (Lipinski definition) is 5. The number of phenolic OH excluding ortho intramolecular Hbond substituents is 1. The van der Waals surface area contributed by atoms with Crippen LogP contribution < -0.4 is 4.74 Å². The molecule has 3 rings (SSSR count). The van der Waals surface area contributed by atoms with Crippen LogP contribution in [0.2, 0.25) is 0 Å². The Bertz CT molecular complexity index is 1150. The Morgan fingerprint density at radius 2 is 1.71 bits per heavy atom. The first-order chi connectivity index (χ1) is 14.3. The van der Waals surface area contributed by atoms with Gasteiger partial charge in [-0.2, -0.15) is 10.5 Å². The van der Waals surface area contributed by atoms with E-state index in [2.05, 4.69) is 35.2 Å². The van der Waals surface area contributed by atoms with Crippen molar-refractivity contribution in [3.8, 4) is 17.2 Å². The fourth-order valence-corrected chi connectivity index (χ4v) is 2.74. The van der Waals surface area contributed by atoms with Crippen LogP contribution in [0.1, 0.15) is 38.8 Å². The van der Waals surface area contributed by atoms with Gasteiger partial charge in [-0.1, -0.05) is 39.3 Å². The number of aryl methyl sites for hydroxylation is 1. The smallest absolute Gasteiger partial charge is 0.338 e. The summed E-state index contributed by atoms with van der Waals surface area (Å²) in [6.07, 6.45) is 4.17. The Morgan fingerprint density at radius 3 is 2.26 bits per heavy atom. The number of benzene rings is 2. The van der Waals surface area contributed by atoms with Crippen LogP contribution in [0.4, 0.5) is 0 Å². The van der Waals surface area contributed by atoms with Gasteiger partial charge in [-0.3, -0.25) is 0 Å². The second-order valence-electron chi connectivity index (χ2n) is 8.73. The first-order valence-corrected chi connectivity index (χ1v) is 12.0. The number of aromatic nitrogens is 3. The molecule has 0 spiro atoms. The third kappa shape index (κ3) is 6.28. The fourth-order valence-electron chi connectivity index (χ4n) is 2.74. The highest BCUT2D eigenvalue weighted by atomic mass is 32.2. The van der Waals surface area contributed by atoms with Gasteiger partial charge < -0.3 is 9.84 Å². The summed E-state index contributed by atoms with van der Waals surface area (Å²) >= 11 is 0. The number of ether oxygens (including phenoxy) is 1. The minimum Gasteiger partial charge on any atom is -0.505 e. The van der Waals surface area contributed by atoms with Gasteiger partial charge in [-0.05, 0) is 55.5 Å². The van der Waals surface area contributed by atoms with E-state index in [1.54, 1.807) is 25.1 Å². The molecule has 0 aliphatic rings. The summed E-state index contributed by atoms with van der Waals surface area (Å²) in [5.41, 5.74) is 3.62. The van der Waals surface area contributed by atoms with Gasteiger partial charge in [0.1, 0.15) is 28.2 Å². The quantitative estimate of drug-likeness (QED) is 0.263. The van der Waals surface area contributed by atoms with Crippen molar-refractivity contribution in [2.24, 2.45) is 0 Å². The average Bonchev–Trinajstić information content (AvgIpc) is 3.05. The summed E-state index contributed by atoms with van der Waals surface area (Å²) in [5.74, 6) is 3.70. The molecule has 0 unspecified atom stereocenters. The molecule has 3 aromatic rings. The molecule has 0 aliphatic heterocycles. The lowest BCUT2D eigenvalue weighted by atomic mass is 9.85. The minimum atomic E-state index is -0.493. The number of rotatable bonds is 3. The Labute approximate surface area is 186 Å². The summed E-state index contributed by atoms with van der Waals surface area (Å²) in [6.45, 7) is 13.3. The van der Waals surface area contributed by atoms with E-state index in [0.717, 1.165) is 11.1 Å². The van der Waals surface area contributed by atoms with E-state index < -0.39 is 5.97 Å². The number of carbonyl (C=O) groups excluding carboxylic acids is 1. The maximum Gasteiger partial charge on any atom is 0.338 e. The molecular formula is C24H31N3O3S. The first-order valence-electron chi connectivity index (χ1n) is 9.76. The molecule has 0 amide bonds. The number of aromatic hydroxyl groups is 1. The number of hydrogen-bond donors (Lipinski definition) is 1. The molecule has 0 saturated heterocycles. The maximum absolute atomic E-state index is 11.7. The standard InChI is InChI=1S/C21H23N3O3.C3H8S/c1-12(2)20(26)27-14-7-8-16-17(11-14)23-24(22-16)18-10-13(3)9-15(19(18)25)21(4,5)6;1-4(2)3/h7-11,25H,1H2,2-6H3;1H2,2-3H3. The molecule has 0 atom stereocenters. The molecule has 7 heteroatoms. The van der Waals surface area contributed by atoms with Gasteiger partial charge in [-0.15, -0.1) is 15.0 Å². The first kappa shape index (κ1) is 24.3. The van der Waals surface area contributed by atoms with Crippen LogP contribution >= 0.6 is 10.5 Å². The van der Waals surface area contributed by atoms with Gasteiger partial charge in [0.15, 0.2) is 0 Å². The SMILES string of the molecule is C=C(C)C(=O)Oc1ccc2nn(-c3cc(C)cc(C(C)(C)C)c3O)nc2c1.C=S(C)C. The summed E-state index contributed by atoms with van der Waals surface area (Å²) in [7, 11) is 0.389. The minimum absolute atomic E-state index is 0.155. The van der Waals surface area contributed by atoms with Crippen molar-refractivity contribution < 1.29 is 14.6 Å². The van der Waals surface area contributed by atoms with Crippen LogP contribution in [0.3, 0.4) is 0 Å². The van der Waals surface area contributed by atoms with E-state index in [-0.39, 0.29) is 11.2 Å². The van der Waals surface area contributed by atoms with Crippen molar-refractivity contribution in [1.29, 1.82) is 0 Å². The van der Waals surface area contributed by atoms with E-state index in [4.69, 9.17) is 4.74 Å². The van der Waals surface area contributed by atoms with Crippen molar-refractivity contribution in [2.45, 2.75) is 40.0 Å². The van der Waals surface area contributed by atoms with Gasteiger partial charge in [0.2, 0.25) is 0 Å². The van der Waals surface area contributed by atoms with Crippen LogP contribution in [0, 0.1) is 6.92 Å². The number of phenols is 1. The molecule has 0 fully saturated rings. The van der Waals surface area contributed by atoms with Crippen molar-refractivity contribution >= 4 is 33.4 Å². The predicted octanol–water partition coefficient (Wildman–Crippen LogP) is 5.16. The predicted molar refractivity (Wildman–Crippen MR) is 131 cm³/mol. The van der Waals surface area contributed by atoms with E-state index in [0.29, 0.717) is 38.5 Å². The zero-order valence-corrected chi connectivity index (χ0v) is 20.1. The number of nitrogens with zero attached hydrogens (tertiary/aromatic N) is 3. The zero-order chi connectivity index (χ0) is 23.5. The molecular weight excluding hydrogens is 410 g/mol. The number of carbonyl (C=O) groups is 1. The molecule has 0 aliphatic carbocycles. The Kier molecular flexibility index (Phi) is 7.44. The topological polar surface area (TPSA) is 77.2 Å². The van der Waals surface area contributed by atoms with E-state index in [1.165, 1.54) is 4.80 Å². The van der Waals surface area contributed by atoms with Gasteiger partial charge in [0, 0.05) is 17.2 Å². The molecule has 6 nitrogen and oxygen atoms in total. The summed E-state index contributed by atoms with van der Waals surface area (Å²) in [4.78, 5) is 13.1. The van der Waals surface area contributed by atoms with Crippen molar-refractivity contribution in [2.75, 3.05) is 12.5 Å². The highest BCUT2D eigenvalue weighted by Gasteiger charge is 2.22. The molecule has 1 N–H and O–H groups in total. The molecule has 0 saturated carbocycles. The monoisotopic (exact) mass is 441 g/mol. The lowest BCUT2D eigenvalue weighted by Crippen LogP contribution is -2.13. The Morgan fingerprint density at radius 1 is 1.13 bits per heavy atom. The lowest BCUT2D eigenvalue weighted by Gasteiger charge is -2.22. The molecule has 1 heterocycles. The van der Waals surface area contributed by atoms with Gasteiger partial charge >= 0.3 is 5.97 Å². The zero-order valence-electron chi connectivity index (χ0n) is 19.3. The van der Waals surface area contributed by atoms with Crippen LogP contribution in [-0.4, -0.2) is 44.5 Å². The molecule has 0 bridgehead atoms. The van der Waals surface area contributed by atoms with E-state index in [9.17, 15) is 9.90 Å². The molecule has 31 heavy (non-hydrogen) atoms. The third-order valence-electron chi connectivity index (χ3n) is 4.17. The molecule has 1 aromatic heterocycles. The Hall–Kier alpha value is -2.93. The highest BCUT2D eigenvalue weighted by molar-refractivity contribution is 8.12. The Balaban J connectivity index is 0.000000785. The number of esters is 1. The second kappa shape index (κ2) is 9.47. The van der Waals surface area contributed by atoms with Crippen LogP contribution in [-0.2, 0) is 10.2 Å². The van der Waals surface area contributed by atoms with Crippen LogP contribution in [0.25, 0.3) is 16.7 Å². The molecule has 2 aromatic carbocycles. The van der Waals surface area contributed by atoms with E-state index >= 15 is 0 Å². The molecule has 0 radical (unpaired) electrons. The fraction of sp³-hybridized carbons (Fsp3) is 0.333. The molecule has 166 valence electrons. The largest absolute Gasteiger partial charge is 0.505 e. The summed E-state index contributed by atoms with van der Waals surface area (Å²) < 4.78 is 5.24. The van der Waals surface area contributed by atoms with Crippen LogP contribution in [0.5, 0.6) is 11.5 Å². The third-order valence-corrected chi connectivity index (χ3v) is 4.17. The van der Waals surface area contributed by atoms with Gasteiger partial charge in [-0.25, -0.2) is 4.79 Å². The average molecular weight is 442 g/mol. The van der Waals surface area contributed by atoms with Gasteiger partial charge in [0.25, 0.3) is 0 Å². The second-order valence-corrected chi connectivity index (χ2v) is 10.7. The normalized spacial score (nSPS) is 11.2. The van der Waals surface area contributed by atoms with Crippen molar-refractivity contribution in [3.63, 3.8) is 0 Å². The van der Waals surface area contributed by atoms with Crippen LogP contribution in [0.15, 0.2) is 42.5 Å². The highest BCUT2D eigenvalue weighted by Crippen LogP contribution is 2.36. The lowest BCUT2D eigenvalue weighted by molar-refractivity contribution is -0.130. The number of fused-ring (bicyclic) bond motifs is 1. The summed E-state index contributed by atoms with van der Waals surface area (Å²) in [6, 6.07) is 8.82. The van der Waals surface area contributed by atoms with Crippen molar-refractivity contribution in [3.05, 3.63) is 53.6 Å². The van der Waals surface area contributed by atoms with E-state index in [1.807, 2.05) is 39.8 Å². The van der Waals surface area contributed by atoms with Crippen molar-refractivity contribution in [1.82, 2.24) is 15.0 Å². The maximum atomic E-state index is 11.7. The van der Waals surface area contributed by atoms with Gasteiger partial charge in [0.05, 0.1) is 0 Å².